The molecule has 0 fully saturated rings. The van der Waals surface area contributed by atoms with Crippen molar-refractivity contribution in [3.8, 4) is 11.6 Å². The summed E-state index contributed by atoms with van der Waals surface area (Å²) in [5.41, 5.74) is 1.39. The number of hydrogen-bond donors (Lipinski definition) is 0. The Morgan fingerprint density at radius 3 is 2.62 bits per heavy atom. The van der Waals surface area contributed by atoms with Gasteiger partial charge in [0.15, 0.2) is 0 Å². The Morgan fingerprint density at radius 2 is 2.00 bits per heavy atom. The third-order valence-corrected chi connectivity index (χ3v) is 4.15. The molecule has 0 atom stereocenters. The van der Waals surface area contributed by atoms with E-state index in [2.05, 4.69) is 4.98 Å². The topological polar surface area (TPSA) is 65.5 Å². The van der Waals surface area contributed by atoms with E-state index in [9.17, 15) is 8.42 Å². The van der Waals surface area contributed by atoms with Crippen LogP contribution >= 0.6 is 10.7 Å². The lowest BCUT2D eigenvalue weighted by Crippen LogP contribution is -2.01. The number of pyridine rings is 1. The molecule has 112 valence electrons. The van der Waals surface area contributed by atoms with Crippen molar-refractivity contribution in [2.45, 2.75) is 18.4 Å². The highest BCUT2D eigenvalue weighted by molar-refractivity contribution is 8.13. The molecule has 1 aromatic carbocycles. The van der Waals surface area contributed by atoms with Gasteiger partial charge in [-0.2, -0.15) is 0 Å². The summed E-state index contributed by atoms with van der Waals surface area (Å²) in [6, 6.07) is 9.83. The van der Waals surface area contributed by atoms with E-state index < -0.39 is 9.05 Å². The van der Waals surface area contributed by atoms with Gasteiger partial charge in [-0.25, -0.2) is 13.4 Å². The minimum atomic E-state index is -3.73. The molecule has 5 nitrogen and oxygen atoms in total. The van der Waals surface area contributed by atoms with E-state index in [1.54, 1.807) is 26.2 Å². The number of nitrogens with zero attached hydrogens (tertiary/aromatic N) is 1. The lowest BCUT2D eigenvalue weighted by molar-refractivity contribution is 0.296. The minimum absolute atomic E-state index is 0.0496. The van der Waals surface area contributed by atoms with Crippen molar-refractivity contribution in [1.29, 1.82) is 0 Å². The molecule has 0 bridgehead atoms. The zero-order chi connectivity index (χ0) is 15.5. The van der Waals surface area contributed by atoms with Gasteiger partial charge in [0, 0.05) is 16.7 Å². The summed E-state index contributed by atoms with van der Waals surface area (Å²) in [6.45, 7) is 2.00. The van der Waals surface area contributed by atoms with Crippen LogP contribution in [0.15, 0.2) is 41.3 Å². The van der Waals surface area contributed by atoms with Crippen LogP contribution in [-0.4, -0.2) is 20.5 Å². The molecular formula is C14H14ClNO4S. The molecule has 0 saturated heterocycles. The number of ether oxygens (including phenoxy) is 2. The Labute approximate surface area is 127 Å². The number of halogens is 1. The van der Waals surface area contributed by atoms with Gasteiger partial charge >= 0.3 is 0 Å². The average molecular weight is 328 g/mol. The summed E-state index contributed by atoms with van der Waals surface area (Å²) in [7, 11) is 3.11. The molecule has 2 rings (SSSR count). The molecule has 2 aromatic rings. The van der Waals surface area contributed by atoms with Gasteiger partial charge in [-0.15, -0.1) is 0 Å². The van der Waals surface area contributed by atoms with Gasteiger partial charge < -0.3 is 9.47 Å². The van der Waals surface area contributed by atoms with Crippen molar-refractivity contribution >= 4 is 19.7 Å². The maximum absolute atomic E-state index is 11.2. The monoisotopic (exact) mass is 327 g/mol. The predicted octanol–water partition coefficient (Wildman–Crippen LogP) is 2.91. The van der Waals surface area contributed by atoms with Crippen LogP contribution in [0.2, 0.25) is 0 Å². The molecule has 0 aliphatic carbocycles. The molecule has 0 aliphatic heterocycles. The van der Waals surface area contributed by atoms with Gasteiger partial charge in [0.25, 0.3) is 9.05 Å². The molecule has 0 N–H and O–H groups in total. The van der Waals surface area contributed by atoms with E-state index in [0.717, 1.165) is 0 Å². The molecule has 1 heterocycles. The first-order chi connectivity index (χ1) is 9.90. The van der Waals surface area contributed by atoms with Crippen LogP contribution in [0.25, 0.3) is 0 Å². The summed E-state index contributed by atoms with van der Waals surface area (Å²) in [6.07, 6.45) is 0. The molecule has 21 heavy (non-hydrogen) atoms. The molecule has 0 unspecified atom stereocenters. The average Bonchev–Trinajstić information content (AvgIpc) is 2.45. The Morgan fingerprint density at radius 1 is 1.24 bits per heavy atom. The highest BCUT2D eigenvalue weighted by Crippen LogP contribution is 2.24. The van der Waals surface area contributed by atoms with Gasteiger partial charge in [0.2, 0.25) is 5.88 Å². The van der Waals surface area contributed by atoms with Crippen LogP contribution in [0.5, 0.6) is 11.6 Å². The van der Waals surface area contributed by atoms with Crippen LogP contribution in [-0.2, 0) is 15.7 Å². The number of aromatic nitrogens is 1. The minimum Gasteiger partial charge on any atom is -0.487 e. The zero-order valence-corrected chi connectivity index (χ0v) is 13.1. The molecule has 1 aromatic heterocycles. The van der Waals surface area contributed by atoms with E-state index in [4.69, 9.17) is 20.2 Å². The SMILES string of the molecule is COc1cccc(COc2ccc(S(=O)(=O)Cl)cc2C)n1. The fourth-order valence-corrected chi connectivity index (χ4v) is 2.57. The van der Waals surface area contributed by atoms with Crippen molar-refractivity contribution in [3.05, 3.63) is 47.7 Å². The van der Waals surface area contributed by atoms with Crippen LogP contribution in [0.3, 0.4) is 0 Å². The molecule has 0 radical (unpaired) electrons. The highest BCUT2D eigenvalue weighted by atomic mass is 35.7. The predicted molar refractivity (Wildman–Crippen MR) is 79.3 cm³/mol. The van der Waals surface area contributed by atoms with Crippen molar-refractivity contribution in [2.75, 3.05) is 7.11 Å². The number of benzene rings is 1. The fourth-order valence-electron chi connectivity index (χ4n) is 1.74. The van der Waals surface area contributed by atoms with E-state index >= 15 is 0 Å². The number of methoxy groups -OCH3 is 1. The van der Waals surface area contributed by atoms with Gasteiger partial charge in [-0.05, 0) is 36.8 Å². The second-order valence-corrected chi connectivity index (χ2v) is 6.89. The van der Waals surface area contributed by atoms with Gasteiger partial charge in [0.05, 0.1) is 17.7 Å². The first-order valence-electron chi connectivity index (χ1n) is 6.08. The Hall–Kier alpha value is -1.79. The first kappa shape index (κ1) is 15.6. The van der Waals surface area contributed by atoms with E-state index in [1.165, 1.54) is 12.1 Å². The van der Waals surface area contributed by atoms with Crippen molar-refractivity contribution in [2.24, 2.45) is 0 Å². The molecule has 0 aliphatic rings. The van der Waals surface area contributed by atoms with Crippen molar-refractivity contribution < 1.29 is 17.9 Å². The number of aryl methyl sites for hydroxylation is 1. The number of hydrogen-bond acceptors (Lipinski definition) is 5. The first-order valence-corrected chi connectivity index (χ1v) is 8.39. The Kier molecular flexibility index (Phi) is 4.69. The second kappa shape index (κ2) is 6.32. The quantitative estimate of drug-likeness (QED) is 0.790. The standard InChI is InChI=1S/C14H14ClNO4S/c1-10-8-12(21(15,17)18)6-7-13(10)20-9-11-4-3-5-14(16-11)19-2/h3-8H,9H2,1-2H3. The largest absolute Gasteiger partial charge is 0.487 e. The van der Waals surface area contributed by atoms with Crippen LogP contribution in [0.4, 0.5) is 0 Å². The van der Waals surface area contributed by atoms with Crippen LogP contribution in [0.1, 0.15) is 11.3 Å². The lowest BCUT2D eigenvalue weighted by Gasteiger charge is -2.10. The van der Waals surface area contributed by atoms with E-state index in [-0.39, 0.29) is 11.5 Å². The normalized spacial score (nSPS) is 11.2. The van der Waals surface area contributed by atoms with Crippen LogP contribution < -0.4 is 9.47 Å². The Balaban J connectivity index is 2.13. The third kappa shape index (κ3) is 4.09. The third-order valence-electron chi connectivity index (χ3n) is 2.79. The number of rotatable bonds is 5. The van der Waals surface area contributed by atoms with E-state index in [0.29, 0.717) is 22.9 Å². The van der Waals surface area contributed by atoms with Gasteiger partial charge in [-0.1, -0.05) is 6.07 Å². The molecule has 0 saturated carbocycles. The molecule has 7 heteroatoms. The molecule has 0 amide bonds. The van der Waals surface area contributed by atoms with E-state index in [1.807, 2.05) is 12.1 Å². The summed E-state index contributed by atoms with van der Waals surface area (Å²) in [5, 5.41) is 0. The highest BCUT2D eigenvalue weighted by Gasteiger charge is 2.12. The van der Waals surface area contributed by atoms with Gasteiger partial charge in [0.1, 0.15) is 12.4 Å². The lowest BCUT2D eigenvalue weighted by atomic mass is 10.2. The van der Waals surface area contributed by atoms with Gasteiger partial charge in [-0.3, -0.25) is 0 Å². The summed E-state index contributed by atoms with van der Waals surface area (Å²) >= 11 is 0. The summed E-state index contributed by atoms with van der Waals surface area (Å²) in [5.74, 6) is 1.08. The molecule has 0 spiro atoms. The van der Waals surface area contributed by atoms with Crippen molar-refractivity contribution in [3.63, 3.8) is 0 Å². The second-order valence-electron chi connectivity index (χ2n) is 4.33. The smallest absolute Gasteiger partial charge is 0.261 e. The summed E-state index contributed by atoms with van der Waals surface area (Å²) < 4.78 is 33.2. The Bertz CT molecular complexity index is 746. The fraction of sp³-hybridized carbons (Fsp3) is 0.214. The zero-order valence-electron chi connectivity index (χ0n) is 11.5. The maximum Gasteiger partial charge on any atom is 0.261 e. The molecular weight excluding hydrogens is 314 g/mol. The van der Waals surface area contributed by atoms with Crippen molar-refractivity contribution in [1.82, 2.24) is 4.98 Å². The summed E-state index contributed by atoms with van der Waals surface area (Å²) in [4.78, 5) is 4.28. The van der Waals surface area contributed by atoms with Crippen LogP contribution in [0, 0.1) is 6.92 Å². The maximum atomic E-state index is 11.2.